The molecule has 0 saturated heterocycles. The van der Waals surface area contributed by atoms with E-state index in [4.69, 9.17) is 5.73 Å². The number of hydrogen-bond donors (Lipinski definition) is 1. The molecule has 1 aromatic rings. The minimum absolute atomic E-state index is 0.0561. The fourth-order valence-electron chi connectivity index (χ4n) is 3.01. The standard InChI is InChI=1S/C15H20BrF2N/c1-2-9-3-6-14(19)10(7-9)8-11-13(17)5-4-12(16)15(11)18/h4-5,9-10,14H,2-3,6-8,19H2,1H3. The van der Waals surface area contributed by atoms with Crippen molar-refractivity contribution in [2.75, 3.05) is 0 Å². The van der Waals surface area contributed by atoms with Gasteiger partial charge in [-0.2, -0.15) is 0 Å². The molecule has 0 radical (unpaired) electrons. The molecule has 4 heteroatoms. The van der Waals surface area contributed by atoms with Crippen molar-refractivity contribution in [3.63, 3.8) is 0 Å². The second-order valence-electron chi connectivity index (χ2n) is 5.54. The van der Waals surface area contributed by atoms with Crippen LogP contribution in [0.25, 0.3) is 0 Å². The van der Waals surface area contributed by atoms with Crippen LogP contribution in [0, 0.1) is 23.5 Å². The van der Waals surface area contributed by atoms with Crippen LogP contribution in [0.4, 0.5) is 8.78 Å². The van der Waals surface area contributed by atoms with Gasteiger partial charge in [0.15, 0.2) is 0 Å². The highest BCUT2D eigenvalue weighted by Crippen LogP contribution is 2.34. The third kappa shape index (κ3) is 3.34. The van der Waals surface area contributed by atoms with Crippen LogP contribution in [0.1, 0.15) is 38.2 Å². The van der Waals surface area contributed by atoms with E-state index in [0.29, 0.717) is 16.8 Å². The minimum Gasteiger partial charge on any atom is -0.327 e. The Balaban J connectivity index is 2.18. The van der Waals surface area contributed by atoms with Crippen molar-refractivity contribution in [1.29, 1.82) is 0 Å². The fraction of sp³-hybridized carbons (Fsp3) is 0.600. The van der Waals surface area contributed by atoms with Gasteiger partial charge < -0.3 is 5.73 Å². The number of halogens is 3. The Morgan fingerprint density at radius 1 is 1.32 bits per heavy atom. The quantitative estimate of drug-likeness (QED) is 0.815. The molecule has 1 fully saturated rings. The van der Waals surface area contributed by atoms with Gasteiger partial charge >= 0.3 is 0 Å². The van der Waals surface area contributed by atoms with Crippen molar-refractivity contribution >= 4 is 15.9 Å². The van der Waals surface area contributed by atoms with Crippen molar-refractivity contribution in [2.24, 2.45) is 17.6 Å². The lowest BCUT2D eigenvalue weighted by Gasteiger charge is -2.34. The Labute approximate surface area is 121 Å². The van der Waals surface area contributed by atoms with Crippen LogP contribution < -0.4 is 5.73 Å². The van der Waals surface area contributed by atoms with Crippen molar-refractivity contribution in [3.05, 3.63) is 33.8 Å². The van der Waals surface area contributed by atoms with Gasteiger partial charge in [-0.15, -0.1) is 0 Å². The van der Waals surface area contributed by atoms with E-state index in [2.05, 4.69) is 22.9 Å². The molecule has 3 atom stereocenters. The molecule has 1 aliphatic rings. The Kier molecular flexibility index (Phi) is 4.96. The molecule has 0 spiro atoms. The second kappa shape index (κ2) is 6.31. The van der Waals surface area contributed by atoms with Gasteiger partial charge in [0.1, 0.15) is 11.6 Å². The van der Waals surface area contributed by atoms with Crippen molar-refractivity contribution < 1.29 is 8.78 Å². The predicted molar refractivity (Wildman–Crippen MR) is 76.9 cm³/mol. The highest BCUT2D eigenvalue weighted by Gasteiger charge is 2.29. The lowest BCUT2D eigenvalue weighted by molar-refractivity contribution is 0.224. The first-order chi connectivity index (χ1) is 9.02. The van der Waals surface area contributed by atoms with Crippen LogP contribution in [-0.2, 0) is 6.42 Å². The van der Waals surface area contributed by atoms with Gasteiger partial charge in [0.25, 0.3) is 0 Å². The van der Waals surface area contributed by atoms with Crippen molar-refractivity contribution in [3.8, 4) is 0 Å². The van der Waals surface area contributed by atoms with Gasteiger partial charge in [-0.05, 0) is 65.6 Å². The molecular formula is C15H20BrF2N. The van der Waals surface area contributed by atoms with Crippen LogP contribution >= 0.6 is 15.9 Å². The summed E-state index contributed by atoms with van der Waals surface area (Å²) in [5, 5.41) is 0. The van der Waals surface area contributed by atoms with Crippen molar-refractivity contribution in [2.45, 2.75) is 45.1 Å². The Bertz CT molecular complexity index is 450. The van der Waals surface area contributed by atoms with Gasteiger partial charge in [-0.25, -0.2) is 8.78 Å². The van der Waals surface area contributed by atoms with Crippen LogP contribution in [0.3, 0.4) is 0 Å². The van der Waals surface area contributed by atoms with E-state index in [1.807, 2.05) is 0 Å². The topological polar surface area (TPSA) is 26.0 Å². The molecule has 0 aromatic heterocycles. The molecule has 1 aliphatic carbocycles. The largest absolute Gasteiger partial charge is 0.327 e. The molecule has 0 aliphatic heterocycles. The van der Waals surface area contributed by atoms with Crippen LogP contribution in [0.15, 0.2) is 16.6 Å². The van der Waals surface area contributed by atoms with Crippen LogP contribution in [0.2, 0.25) is 0 Å². The summed E-state index contributed by atoms with van der Waals surface area (Å²) in [5.74, 6) is -0.127. The molecule has 0 amide bonds. The molecule has 106 valence electrons. The average Bonchev–Trinajstić information content (AvgIpc) is 2.41. The van der Waals surface area contributed by atoms with E-state index in [1.54, 1.807) is 0 Å². The molecule has 1 saturated carbocycles. The maximum atomic E-state index is 14.0. The molecule has 2 rings (SSSR count). The highest BCUT2D eigenvalue weighted by molar-refractivity contribution is 9.10. The Morgan fingerprint density at radius 3 is 2.74 bits per heavy atom. The first-order valence-electron chi connectivity index (χ1n) is 6.90. The maximum Gasteiger partial charge on any atom is 0.143 e. The first kappa shape index (κ1) is 14.9. The smallest absolute Gasteiger partial charge is 0.143 e. The van der Waals surface area contributed by atoms with Gasteiger partial charge in [0.2, 0.25) is 0 Å². The molecule has 1 nitrogen and oxygen atoms in total. The Morgan fingerprint density at radius 2 is 2.05 bits per heavy atom. The number of hydrogen-bond acceptors (Lipinski definition) is 1. The van der Waals surface area contributed by atoms with E-state index in [0.717, 1.165) is 25.7 Å². The van der Waals surface area contributed by atoms with Crippen molar-refractivity contribution in [1.82, 2.24) is 0 Å². The van der Waals surface area contributed by atoms with E-state index in [1.165, 1.54) is 12.1 Å². The lowest BCUT2D eigenvalue weighted by Crippen LogP contribution is -2.37. The van der Waals surface area contributed by atoms with Crippen LogP contribution in [-0.4, -0.2) is 6.04 Å². The molecule has 0 bridgehead atoms. The molecule has 19 heavy (non-hydrogen) atoms. The number of rotatable bonds is 3. The highest BCUT2D eigenvalue weighted by atomic mass is 79.9. The summed E-state index contributed by atoms with van der Waals surface area (Å²) in [6.45, 7) is 2.17. The van der Waals surface area contributed by atoms with E-state index < -0.39 is 11.6 Å². The molecular weight excluding hydrogens is 312 g/mol. The zero-order valence-corrected chi connectivity index (χ0v) is 12.7. The van der Waals surface area contributed by atoms with Crippen LogP contribution in [0.5, 0.6) is 0 Å². The minimum atomic E-state index is -0.481. The van der Waals surface area contributed by atoms with Gasteiger partial charge in [-0.3, -0.25) is 0 Å². The number of benzene rings is 1. The normalized spacial score (nSPS) is 27.5. The SMILES string of the molecule is CCC1CCC(N)C(Cc2c(F)ccc(Br)c2F)C1. The average molecular weight is 332 g/mol. The zero-order chi connectivity index (χ0) is 14.0. The fourth-order valence-corrected chi connectivity index (χ4v) is 3.38. The second-order valence-corrected chi connectivity index (χ2v) is 6.39. The molecule has 2 N–H and O–H groups in total. The first-order valence-corrected chi connectivity index (χ1v) is 7.70. The van der Waals surface area contributed by atoms with Gasteiger partial charge in [0, 0.05) is 11.6 Å². The van der Waals surface area contributed by atoms with E-state index >= 15 is 0 Å². The van der Waals surface area contributed by atoms with Gasteiger partial charge in [-0.1, -0.05) is 13.3 Å². The zero-order valence-electron chi connectivity index (χ0n) is 11.1. The summed E-state index contributed by atoms with van der Waals surface area (Å²) in [4.78, 5) is 0. The Hall–Kier alpha value is -0.480. The number of nitrogens with two attached hydrogens (primary N) is 1. The summed E-state index contributed by atoms with van der Waals surface area (Å²) in [6, 6.07) is 2.78. The summed E-state index contributed by atoms with van der Waals surface area (Å²) in [6.07, 6.45) is 4.59. The molecule has 1 aromatic carbocycles. The molecule has 0 heterocycles. The third-order valence-electron chi connectivity index (χ3n) is 4.33. The monoisotopic (exact) mass is 331 g/mol. The van der Waals surface area contributed by atoms with E-state index in [-0.39, 0.29) is 17.5 Å². The predicted octanol–water partition coefficient (Wildman–Crippen LogP) is 4.42. The summed E-state index contributed by atoms with van der Waals surface area (Å²) in [5.41, 5.74) is 6.30. The summed E-state index contributed by atoms with van der Waals surface area (Å²) < 4.78 is 28.1. The van der Waals surface area contributed by atoms with E-state index in [9.17, 15) is 8.78 Å². The van der Waals surface area contributed by atoms with Gasteiger partial charge in [0.05, 0.1) is 4.47 Å². The summed E-state index contributed by atoms with van der Waals surface area (Å²) >= 11 is 3.11. The molecule has 3 unspecified atom stereocenters. The third-order valence-corrected chi connectivity index (χ3v) is 4.94. The maximum absolute atomic E-state index is 14.0. The lowest BCUT2D eigenvalue weighted by atomic mass is 9.75. The summed E-state index contributed by atoms with van der Waals surface area (Å²) in [7, 11) is 0.